The van der Waals surface area contributed by atoms with Gasteiger partial charge in [-0.25, -0.2) is 0 Å². The van der Waals surface area contributed by atoms with E-state index >= 15 is 0 Å². The molecule has 0 fully saturated rings. The predicted molar refractivity (Wildman–Crippen MR) is 99.0 cm³/mol. The highest BCUT2D eigenvalue weighted by molar-refractivity contribution is 9.10. The van der Waals surface area contributed by atoms with Crippen LogP contribution in [-0.4, -0.2) is 26.1 Å². The molecule has 0 atom stereocenters. The van der Waals surface area contributed by atoms with Crippen LogP contribution in [0.3, 0.4) is 0 Å². The molecule has 3 N–H and O–H groups in total. The highest BCUT2D eigenvalue weighted by atomic mass is 79.9. The lowest BCUT2D eigenvalue weighted by Crippen LogP contribution is -2.23. The van der Waals surface area contributed by atoms with Gasteiger partial charge >= 0.3 is 0 Å². The summed E-state index contributed by atoms with van der Waals surface area (Å²) >= 11 is 3.50. The molecule has 0 radical (unpaired) electrons. The third-order valence-corrected chi connectivity index (χ3v) is 4.74. The number of carbonyl (C=O) groups is 1. The van der Waals surface area contributed by atoms with Crippen LogP contribution in [0.5, 0.6) is 0 Å². The van der Waals surface area contributed by atoms with E-state index in [2.05, 4.69) is 41.4 Å². The summed E-state index contributed by atoms with van der Waals surface area (Å²) in [5.41, 5.74) is 4.05. The van der Waals surface area contributed by atoms with Gasteiger partial charge in [0.2, 0.25) is 0 Å². The Morgan fingerprint density at radius 2 is 1.96 bits per heavy atom. The Hall–Kier alpha value is -2.93. The zero-order chi connectivity index (χ0) is 17.2. The molecular weight excluding hydrogens is 382 g/mol. The number of benzene rings is 1. The van der Waals surface area contributed by atoms with Crippen molar-refractivity contribution >= 4 is 32.7 Å². The van der Waals surface area contributed by atoms with Gasteiger partial charge in [-0.3, -0.25) is 14.9 Å². The van der Waals surface area contributed by atoms with Crippen LogP contribution in [0.15, 0.2) is 59.3 Å². The number of pyridine rings is 1. The van der Waals surface area contributed by atoms with Crippen LogP contribution in [0, 0.1) is 0 Å². The molecule has 0 saturated carbocycles. The number of H-pyrrole nitrogens is 2. The Labute approximate surface area is 151 Å². The second-order valence-corrected chi connectivity index (χ2v) is 6.35. The van der Waals surface area contributed by atoms with Gasteiger partial charge in [0.1, 0.15) is 5.69 Å². The molecule has 0 aliphatic carbocycles. The van der Waals surface area contributed by atoms with Gasteiger partial charge in [0.15, 0.2) is 0 Å². The van der Waals surface area contributed by atoms with Gasteiger partial charge in [-0.2, -0.15) is 5.10 Å². The number of rotatable bonds is 4. The summed E-state index contributed by atoms with van der Waals surface area (Å²) in [5.74, 6) is -0.178. The first kappa shape index (κ1) is 15.6. The molecule has 0 saturated heterocycles. The van der Waals surface area contributed by atoms with Crippen LogP contribution >= 0.6 is 15.9 Å². The van der Waals surface area contributed by atoms with Crippen molar-refractivity contribution in [1.29, 1.82) is 0 Å². The van der Waals surface area contributed by atoms with E-state index in [4.69, 9.17) is 0 Å². The monoisotopic (exact) mass is 395 g/mol. The van der Waals surface area contributed by atoms with Crippen molar-refractivity contribution < 1.29 is 4.79 Å². The number of carbonyl (C=O) groups excluding carboxylic acids is 1. The van der Waals surface area contributed by atoms with Gasteiger partial charge in [-0.05, 0) is 40.2 Å². The van der Waals surface area contributed by atoms with E-state index in [1.807, 2.05) is 42.5 Å². The minimum atomic E-state index is -0.178. The maximum atomic E-state index is 12.5. The maximum absolute atomic E-state index is 12.5. The second-order valence-electron chi connectivity index (χ2n) is 5.56. The van der Waals surface area contributed by atoms with Gasteiger partial charge < -0.3 is 10.3 Å². The lowest BCUT2D eigenvalue weighted by molar-refractivity contribution is 0.0945. The fourth-order valence-corrected chi connectivity index (χ4v) is 3.28. The zero-order valence-electron chi connectivity index (χ0n) is 13.1. The number of fused-ring (bicyclic) bond motifs is 1. The molecule has 124 valence electrons. The first-order chi connectivity index (χ1) is 12.2. The summed E-state index contributed by atoms with van der Waals surface area (Å²) in [6.07, 6.45) is 3.44. The van der Waals surface area contributed by atoms with Crippen molar-refractivity contribution in [3.8, 4) is 11.3 Å². The molecule has 1 amide bonds. The van der Waals surface area contributed by atoms with E-state index in [1.165, 1.54) is 0 Å². The molecule has 4 rings (SSSR count). The van der Waals surface area contributed by atoms with Crippen LogP contribution < -0.4 is 5.32 Å². The highest BCUT2D eigenvalue weighted by Gasteiger charge is 2.15. The minimum Gasteiger partial charge on any atom is -0.350 e. The number of para-hydroxylation sites is 1. The van der Waals surface area contributed by atoms with Crippen molar-refractivity contribution in [2.45, 2.75) is 6.54 Å². The van der Waals surface area contributed by atoms with E-state index in [1.54, 1.807) is 12.4 Å². The summed E-state index contributed by atoms with van der Waals surface area (Å²) in [6.45, 7) is 0.360. The zero-order valence-corrected chi connectivity index (χ0v) is 14.7. The molecule has 1 aromatic carbocycles. The molecule has 0 unspecified atom stereocenters. The lowest BCUT2D eigenvalue weighted by atomic mass is 10.2. The number of hydrogen-bond donors (Lipinski definition) is 3. The van der Waals surface area contributed by atoms with E-state index in [0.29, 0.717) is 12.2 Å². The predicted octanol–water partition coefficient (Wildman–Crippen LogP) is 3.65. The molecule has 0 spiro atoms. The lowest BCUT2D eigenvalue weighted by Gasteiger charge is -2.02. The topological polar surface area (TPSA) is 86.5 Å². The maximum Gasteiger partial charge on any atom is 0.269 e. The first-order valence-electron chi connectivity index (χ1n) is 7.71. The Bertz CT molecular complexity index is 1040. The number of amides is 1. The van der Waals surface area contributed by atoms with Crippen molar-refractivity contribution in [3.05, 3.63) is 70.7 Å². The van der Waals surface area contributed by atoms with E-state index < -0.39 is 0 Å². The molecule has 3 heterocycles. The summed E-state index contributed by atoms with van der Waals surface area (Å²) < 4.78 is 0.766. The number of nitrogens with one attached hydrogen (secondary N) is 3. The summed E-state index contributed by atoms with van der Waals surface area (Å²) in [4.78, 5) is 19.6. The standard InChI is InChI=1S/C18H14BrN5O/c19-16-13-3-1-2-4-14(13)22-17(16)18(25)21-10-12-9-15(24-23-12)11-5-7-20-8-6-11/h1-9,22H,10H2,(H,21,25)(H,23,24). The minimum absolute atomic E-state index is 0.178. The number of hydrogen-bond acceptors (Lipinski definition) is 3. The number of aromatic amines is 2. The Morgan fingerprint density at radius 3 is 2.76 bits per heavy atom. The third kappa shape index (κ3) is 3.06. The fraction of sp³-hybridized carbons (Fsp3) is 0.0556. The average Bonchev–Trinajstić information content (AvgIpc) is 3.26. The summed E-state index contributed by atoms with van der Waals surface area (Å²) in [5, 5.41) is 11.1. The van der Waals surface area contributed by atoms with Crippen LogP contribution in [0.25, 0.3) is 22.2 Å². The molecule has 0 aliphatic heterocycles. The average molecular weight is 396 g/mol. The van der Waals surface area contributed by atoms with Crippen LogP contribution in [0.4, 0.5) is 0 Å². The molecule has 6 nitrogen and oxygen atoms in total. The molecule has 25 heavy (non-hydrogen) atoms. The number of nitrogens with zero attached hydrogens (tertiary/aromatic N) is 2. The molecule has 3 aromatic heterocycles. The Balaban J connectivity index is 1.48. The first-order valence-corrected chi connectivity index (χ1v) is 8.51. The van der Waals surface area contributed by atoms with Crippen LogP contribution in [0.1, 0.15) is 16.2 Å². The van der Waals surface area contributed by atoms with Crippen LogP contribution in [-0.2, 0) is 6.54 Å². The largest absolute Gasteiger partial charge is 0.350 e. The normalized spacial score (nSPS) is 10.9. The Kier molecular flexibility index (Phi) is 4.07. The summed E-state index contributed by atoms with van der Waals surface area (Å²) in [6, 6.07) is 13.5. The van der Waals surface area contributed by atoms with Crippen molar-refractivity contribution in [2.75, 3.05) is 0 Å². The smallest absolute Gasteiger partial charge is 0.269 e. The van der Waals surface area contributed by atoms with Gasteiger partial charge in [-0.15, -0.1) is 0 Å². The van der Waals surface area contributed by atoms with E-state index in [0.717, 1.165) is 32.3 Å². The molecule has 0 aliphatic rings. The SMILES string of the molecule is O=C(NCc1cc(-c2ccncc2)n[nH]1)c1[nH]c2ccccc2c1Br. The summed E-state index contributed by atoms with van der Waals surface area (Å²) in [7, 11) is 0. The molecular formula is C18H14BrN5O. The third-order valence-electron chi connectivity index (χ3n) is 3.92. The van der Waals surface area contributed by atoms with E-state index in [9.17, 15) is 4.79 Å². The fourth-order valence-electron chi connectivity index (χ4n) is 2.65. The molecule has 4 aromatic rings. The molecule has 7 heteroatoms. The van der Waals surface area contributed by atoms with Crippen LogP contribution in [0.2, 0.25) is 0 Å². The van der Waals surface area contributed by atoms with Gasteiger partial charge in [0, 0.05) is 28.9 Å². The number of halogens is 1. The Morgan fingerprint density at radius 1 is 1.16 bits per heavy atom. The number of aromatic nitrogens is 4. The quantitative estimate of drug-likeness (QED) is 0.492. The van der Waals surface area contributed by atoms with Gasteiger partial charge in [0.25, 0.3) is 5.91 Å². The van der Waals surface area contributed by atoms with E-state index in [-0.39, 0.29) is 5.91 Å². The van der Waals surface area contributed by atoms with Gasteiger partial charge in [0.05, 0.1) is 22.4 Å². The van der Waals surface area contributed by atoms with Crippen molar-refractivity contribution in [2.24, 2.45) is 0 Å². The van der Waals surface area contributed by atoms with Crippen molar-refractivity contribution in [1.82, 2.24) is 25.5 Å². The van der Waals surface area contributed by atoms with Gasteiger partial charge in [-0.1, -0.05) is 18.2 Å². The second kappa shape index (κ2) is 6.52. The highest BCUT2D eigenvalue weighted by Crippen LogP contribution is 2.27. The molecule has 0 bridgehead atoms. The van der Waals surface area contributed by atoms with Crippen molar-refractivity contribution in [3.63, 3.8) is 0 Å².